The Bertz CT molecular complexity index is 2000. The number of rotatable bonds is 7. The molecule has 3 aliphatic heterocycles. The van der Waals surface area contributed by atoms with E-state index in [2.05, 4.69) is 49.8 Å². The van der Waals surface area contributed by atoms with Crippen LogP contribution in [-0.4, -0.2) is 55.6 Å². The van der Waals surface area contributed by atoms with Crippen LogP contribution in [-0.2, 0) is 29.1 Å². The van der Waals surface area contributed by atoms with Gasteiger partial charge in [-0.1, -0.05) is 43.6 Å². The highest BCUT2D eigenvalue weighted by Crippen LogP contribution is 2.38. The van der Waals surface area contributed by atoms with Crippen molar-refractivity contribution in [2.24, 2.45) is 0 Å². The van der Waals surface area contributed by atoms with E-state index in [1.807, 2.05) is 18.2 Å². The Morgan fingerprint density at radius 2 is 1.76 bits per heavy atom. The van der Waals surface area contributed by atoms with Gasteiger partial charge in [0.25, 0.3) is 11.8 Å². The van der Waals surface area contributed by atoms with Crippen molar-refractivity contribution in [3.8, 4) is 0 Å². The van der Waals surface area contributed by atoms with Gasteiger partial charge in [0.2, 0.25) is 0 Å². The first kappa shape index (κ1) is 32.1. The zero-order valence-corrected chi connectivity index (χ0v) is 27.4. The Labute approximate surface area is 285 Å². The molecule has 4 N–H and O–H groups in total. The van der Waals surface area contributed by atoms with E-state index in [0.29, 0.717) is 24.2 Å². The fourth-order valence-electron chi connectivity index (χ4n) is 6.55. The van der Waals surface area contributed by atoms with Crippen molar-refractivity contribution in [1.29, 1.82) is 0 Å². The Kier molecular flexibility index (Phi) is 8.42. The molecule has 0 aliphatic carbocycles. The first-order valence-electron chi connectivity index (χ1n) is 15.8. The molecule has 7 rings (SSSR count). The lowest BCUT2D eigenvalue weighted by Gasteiger charge is -2.39. The molecule has 0 bridgehead atoms. The van der Waals surface area contributed by atoms with E-state index in [4.69, 9.17) is 11.6 Å². The molecule has 4 heterocycles. The second-order valence-corrected chi connectivity index (χ2v) is 12.7. The Hall–Kier alpha value is -5.47. The molecule has 1 aromatic heterocycles. The van der Waals surface area contributed by atoms with Crippen LogP contribution in [0.4, 0.5) is 21.5 Å². The molecule has 0 fully saturated rings. The predicted molar refractivity (Wildman–Crippen MR) is 180 cm³/mol. The number of hydrazine groups is 2. The number of hydrogen-bond acceptors (Lipinski definition) is 9. The number of carbonyl (C=O) groups is 3. The average Bonchev–Trinajstić information content (AvgIpc) is 3.76. The predicted octanol–water partition coefficient (Wildman–Crippen LogP) is 4.35. The summed E-state index contributed by atoms with van der Waals surface area (Å²) in [5.41, 5.74) is 8.80. The Morgan fingerprint density at radius 1 is 1.00 bits per heavy atom. The van der Waals surface area contributed by atoms with Gasteiger partial charge in [-0.15, -0.1) is 15.7 Å². The van der Waals surface area contributed by atoms with E-state index >= 15 is 0 Å². The van der Waals surface area contributed by atoms with Gasteiger partial charge in [-0.3, -0.25) is 20.0 Å². The third-order valence-corrected chi connectivity index (χ3v) is 9.23. The lowest BCUT2D eigenvalue weighted by Crippen LogP contribution is -2.48. The maximum atomic E-state index is 14.8. The number of aromatic nitrogens is 3. The van der Waals surface area contributed by atoms with Crippen molar-refractivity contribution in [2.75, 3.05) is 28.3 Å². The minimum atomic E-state index is -1.09. The number of carboxylic acid groups (broad SMARTS) is 1. The van der Waals surface area contributed by atoms with Gasteiger partial charge in [-0.2, -0.15) is 0 Å². The minimum absolute atomic E-state index is 0.0710. The fraction of sp³-hybridized carbons (Fsp3) is 0.265. The van der Waals surface area contributed by atoms with Crippen molar-refractivity contribution in [3.63, 3.8) is 0 Å². The zero-order chi connectivity index (χ0) is 34.4. The summed E-state index contributed by atoms with van der Waals surface area (Å²) in [5, 5.41) is 22.3. The van der Waals surface area contributed by atoms with Gasteiger partial charge >= 0.3 is 5.97 Å². The number of anilines is 3. The third kappa shape index (κ3) is 5.93. The van der Waals surface area contributed by atoms with Crippen molar-refractivity contribution in [2.45, 2.75) is 45.3 Å². The maximum absolute atomic E-state index is 14.8. The number of halogens is 2. The number of carbonyl (C=O) groups excluding carboxylic acids is 2. The molecule has 0 saturated heterocycles. The largest absolute Gasteiger partial charge is 0.478 e. The average molecular weight is 686 g/mol. The fourth-order valence-corrected chi connectivity index (χ4v) is 6.72. The number of nitrogens with one attached hydrogen (secondary N) is 3. The molecule has 252 valence electrons. The molecule has 15 heteroatoms. The van der Waals surface area contributed by atoms with Crippen molar-refractivity contribution < 1.29 is 23.9 Å². The van der Waals surface area contributed by atoms with Gasteiger partial charge in [0.15, 0.2) is 11.6 Å². The van der Waals surface area contributed by atoms with Crippen LogP contribution in [0.2, 0.25) is 5.02 Å². The quantitative estimate of drug-likeness (QED) is 0.221. The Balaban J connectivity index is 1.22. The molecule has 0 spiro atoms. The van der Waals surface area contributed by atoms with E-state index in [0.717, 1.165) is 36.0 Å². The van der Waals surface area contributed by atoms with Gasteiger partial charge in [-0.25, -0.2) is 9.18 Å². The number of nitrogens with zero attached hydrogens (tertiary/aromatic N) is 6. The minimum Gasteiger partial charge on any atom is -0.478 e. The van der Waals surface area contributed by atoms with Crippen LogP contribution < -0.4 is 26.2 Å². The molecule has 3 aliphatic rings. The number of fused-ring (bicyclic) bond motifs is 2. The van der Waals surface area contributed by atoms with Gasteiger partial charge < -0.3 is 24.8 Å². The molecular formula is C34H33ClFN9O4. The second kappa shape index (κ2) is 12.9. The number of aromatic carboxylic acids is 1. The van der Waals surface area contributed by atoms with Crippen LogP contribution in [0.3, 0.4) is 0 Å². The van der Waals surface area contributed by atoms with Crippen LogP contribution in [0.5, 0.6) is 0 Å². The van der Waals surface area contributed by atoms with Crippen LogP contribution in [0.25, 0.3) is 0 Å². The third-order valence-electron chi connectivity index (χ3n) is 8.93. The lowest BCUT2D eigenvalue weighted by atomic mass is 9.89. The topological polar surface area (TPSA) is 148 Å². The highest BCUT2D eigenvalue weighted by atomic mass is 35.5. The molecule has 3 aromatic carbocycles. The molecule has 2 amide bonds. The van der Waals surface area contributed by atoms with E-state index in [-0.39, 0.29) is 34.4 Å². The monoisotopic (exact) mass is 685 g/mol. The molecule has 1 unspecified atom stereocenters. The van der Waals surface area contributed by atoms with Crippen LogP contribution in [0, 0.1) is 5.82 Å². The maximum Gasteiger partial charge on any atom is 0.335 e. The molecule has 13 nitrogen and oxygen atoms in total. The van der Waals surface area contributed by atoms with Crippen LogP contribution in [0.15, 0.2) is 72.6 Å². The van der Waals surface area contributed by atoms with Crippen molar-refractivity contribution in [3.05, 3.63) is 112 Å². The van der Waals surface area contributed by atoms with Crippen molar-refractivity contribution >= 4 is 46.4 Å². The molecule has 49 heavy (non-hydrogen) atoms. The normalized spacial score (nSPS) is 17.0. The van der Waals surface area contributed by atoms with Gasteiger partial charge in [0.05, 0.1) is 29.0 Å². The van der Waals surface area contributed by atoms with Crippen LogP contribution in [0.1, 0.15) is 58.9 Å². The van der Waals surface area contributed by atoms with E-state index in [1.54, 1.807) is 6.07 Å². The number of hydrogen-bond donors (Lipinski definition) is 4. The summed E-state index contributed by atoms with van der Waals surface area (Å²) in [7, 11) is 0. The summed E-state index contributed by atoms with van der Waals surface area (Å²) in [5.74, 6) is -0.639. The smallest absolute Gasteiger partial charge is 0.335 e. The highest BCUT2D eigenvalue weighted by Gasteiger charge is 2.40. The summed E-state index contributed by atoms with van der Waals surface area (Å²) in [6.07, 6.45) is 1.89. The zero-order valence-electron chi connectivity index (χ0n) is 26.7. The SMILES string of the molecule is CC(C)c1nnc2n1CCN(c1cccc3c1CCN(C(=O)C1=CN(c4cccc(Cl)c4F)NN1)C3C(=O)Nc1ccc(C(=O)O)cc1)C2. The number of carboxylic acids is 1. The summed E-state index contributed by atoms with van der Waals surface area (Å²) >= 11 is 5.98. The summed E-state index contributed by atoms with van der Waals surface area (Å²) in [6.45, 7) is 6.38. The standard InChI is InChI=1S/C34H33ClFN9O4/c1-19(2)31-40-39-28-18-42(15-16-43(28)31)26-7-3-5-23-22(26)13-14-44(30(23)32(46)37-21-11-9-20(10-12-21)34(48)49)33(47)25-17-45(41-38-25)27-8-4-6-24(35)29(27)36/h3-12,17,19,30,38,41H,13-16,18H2,1-2H3,(H,37,46)(H,48,49). The molecule has 0 radical (unpaired) electrons. The summed E-state index contributed by atoms with van der Waals surface area (Å²) in [6, 6.07) is 15.0. The summed E-state index contributed by atoms with van der Waals surface area (Å²) < 4.78 is 17.0. The molecular weight excluding hydrogens is 653 g/mol. The van der Waals surface area contributed by atoms with E-state index < -0.39 is 29.6 Å². The van der Waals surface area contributed by atoms with Crippen LogP contribution >= 0.6 is 11.6 Å². The molecule has 0 saturated carbocycles. The Morgan fingerprint density at radius 3 is 2.51 bits per heavy atom. The van der Waals surface area contributed by atoms with Gasteiger partial charge in [0.1, 0.15) is 17.6 Å². The molecule has 4 aromatic rings. The second-order valence-electron chi connectivity index (χ2n) is 12.3. The first-order chi connectivity index (χ1) is 23.6. The lowest BCUT2D eigenvalue weighted by molar-refractivity contribution is -0.136. The van der Waals surface area contributed by atoms with Crippen molar-refractivity contribution in [1.82, 2.24) is 30.6 Å². The highest BCUT2D eigenvalue weighted by molar-refractivity contribution is 6.31. The number of amides is 2. The van der Waals surface area contributed by atoms with Gasteiger partial charge in [0, 0.05) is 36.9 Å². The summed E-state index contributed by atoms with van der Waals surface area (Å²) in [4.78, 5) is 43.4. The molecule has 1 atom stereocenters. The van der Waals surface area contributed by atoms with E-state index in [1.165, 1.54) is 52.5 Å². The number of benzene rings is 3. The van der Waals surface area contributed by atoms with E-state index in [9.17, 15) is 23.9 Å². The van der Waals surface area contributed by atoms with Gasteiger partial charge in [-0.05, 0) is 60.0 Å². The first-order valence-corrected chi connectivity index (χ1v) is 16.2.